The molecule has 3 rings (SSSR count). The van der Waals surface area contributed by atoms with Crippen LogP contribution >= 0.6 is 23.2 Å². The number of hydrogen-bond acceptors (Lipinski definition) is 3. The van der Waals surface area contributed by atoms with Gasteiger partial charge < -0.3 is 14.8 Å². The highest BCUT2D eigenvalue weighted by molar-refractivity contribution is 6.43. The third-order valence-corrected chi connectivity index (χ3v) is 4.26. The van der Waals surface area contributed by atoms with Gasteiger partial charge in [-0.25, -0.2) is 4.79 Å². The SMILES string of the molecule is O=C(O)c1ccc(NC(=O)c2ccc(-c3cccc(Cl)c3Cl)o2)cc1. The van der Waals surface area contributed by atoms with E-state index in [1.54, 1.807) is 24.3 Å². The molecule has 1 heterocycles. The van der Waals surface area contributed by atoms with E-state index >= 15 is 0 Å². The van der Waals surface area contributed by atoms with Gasteiger partial charge in [-0.05, 0) is 48.5 Å². The van der Waals surface area contributed by atoms with E-state index in [4.69, 9.17) is 32.7 Å². The fourth-order valence-corrected chi connectivity index (χ4v) is 2.58. The lowest BCUT2D eigenvalue weighted by molar-refractivity contribution is 0.0696. The summed E-state index contributed by atoms with van der Waals surface area (Å²) >= 11 is 12.1. The minimum Gasteiger partial charge on any atom is -0.478 e. The molecule has 0 aliphatic rings. The average molecular weight is 376 g/mol. The predicted molar refractivity (Wildman–Crippen MR) is 95.5 cm³/mol. The molecule has 25 heavy (non-hydrogen) atoms. The van der Waals surface area contributed by atoms with Crippen molar-refractivity contribution < 1.29 is 19.1 Å². The third kappa shape index (κ3) is 3.68. The number of benzene rings is 2. The van der Waals surface area contributed by atoms with Crippen LogP contribution < -0.4 is 5.32 Å². The number of nitrogens with one attached hydrogen (secondary N) is 1. The molecule has 3 aromatic rings. The molecule has 2 aromatic carbocycles. The number of anilines is 1. The van der Waals surface area contributed by atoms with Gasteiger partial charge in [-0.2, -0.15) is 0 Å². The molecule has 0 bridgehead atoms. The maximum Gasteiger partial charge on any atom is 0.335 e. The van der Waals surface area contributed by atoms with Gasteiger partial charge in [-0.3, -0.25) is 4.79 Å². The topological polar surface area (TPSA) is 79.5 Å². The molecule has 0 aliphatic carbocycles. The minimum absolute atomic E-state index is 0.0911. The Hall–Kier alpha value is -2.76. The number of hydrogen-bond donors (Lipinski definition) is 2. The molecule has 0 aliphatic heterocycles. The molecular weight excluding hydrogens is 365 g/mol. The van der Waals surface area contributed by atoms with Crippen LogP contribution in [-0.4, -0.2) is 17.0 Å². The van der Waals surface area contributed by atoms with Crippen LogP contribution in [0.25, 0.3) is 11.3 Å². The summed E-state index contributed by atoms with van der Waals surface area (Å²) in [6.07, 6.45) is 0. The second-order valence-electron chi connectivity index (χ2n) is 5.10. The fourth-order valence-electron chi connectivity index (χ4n) is 2.19. The van der Waals surface area contributed by atoms with Gasteiger partial charge in [-0.15, -0.1) is 0 Å². The molecule has 0 fully saturated rings. The van der Waals surface area contributed by atoms with E-state index < -0.39 is 11.9 Å². The Morgan fingerprint density at radius 3 is 2.36 bits per heavy atom. The second kappa shape index (κ2) is 7.01. The Bertz CT molecular complexity index is 948. The van der Waals surface area contributed by atoms with Crippen molar-refractivity contribution in [2.24, 2.45) is 0 Å². The lowest BCUT2D eigenvalue weighted by Crippen LogP contribution is -2.11. The zero-order valence-electron chi connectivity index (χ0n) is 12.6. The summed E-state index contributed by atoms with van der Waals surface area (Å²) in [6.45, 7) is 0. The van der Waals surface area contributed by atoms with Crippen LogP contribution in [0.2, 0.25) is 10.0 Å². The van der Waals surface area contributed by atoms with Gasteiger partial charge in [0.05, 0.1) is 15.6 Å². The Balaban J connectivity index is 1.79. The first kappa shape index (κ1) is 17.1. The Morgan fingerprint density at radius 1 is 0.960 bits per heavy atom. The third-order valence-electron chi connectivity index (χ3n) is 3.44. The van der Waals surface area contributed by atoms with E-state index in [1.165, 1.54) is 30.3 Å². The standard InChI is InChI=1S/C18H11Cl2NO4/c19-13-3-1-2-12(16(13)20)14-8-9-15(25-14)17(22)21-11-6-4-10(5-7-11)18(23)24/h1-9H,(H,21,22)(H,23,24). The van der Waals surface area contributed by atoms with Crippen molar-refractivity contribution in [1.82, 2.24) is 0 Å². The fraction of sp³-hybridized carbons (Fsp3) is 0. The zero-order chi connectivity index (χ0) is 18.0. The first-order chi connectivity index (χ1) is 12.0. The molecule has 2 N–H and O–H groups in total. The molecule has 0 atom stereocenters. The Morgan fingerprint density at radius 2 is 1.68 bits per heavy atom. The second-order valence-corrected chi connectivity index (χ2v) is 5.89. The molecule has 0 saturated carbocycles. The summed E-state index contributed by atoms with van der Waals surface area (Å²) in [5.74, 6) is -0.994. The van der Waals surface area contributed by atoms with Gasteiger partial charge in [0.15, 0.2) is 5.76 Å². The van der Waals surface area contributed by atoms with Crippen LogP contribution in [0.3, 0.4) is 0 Å². The Labute approximate surface area is 152 Å². The molecule has 0 radical (unpaired) electrons. The number of carboxylic acid groups (broad SMARTS) is 1. The van der Waals surface area contributed by atoms with Gasteiger partial charge in [0.2, 0.25) is 0 Å². The summed E-state index contributed by atoms with van der Waals surface area (Å²) in [4.78, 5) is 23.1. The van der Waals surface area contributed by atoms with Crippen molar-refractivity contribution in [3.8, 4) is 11.3 Å². The number of amides is 1. The summed E-state index contributed by atoms with van der Waals surface area (Å²) in [7, 11) is 0. The number of carbonyl (C=O) groups is 2. The number of aromatic carboxylic acids is 1. The maximum atomic E-state index is 12.2. The summed E-state index contributed by atoms with van der Waals surface area (Å²) < 4.78 is 5.55. The molecule has 0 saturated heterocycles. The van der Waals surface area contributed by atoms with Gasteiger partial charge in [0.1, 0.15) is 5.76 Å². The lowest BCUT2D eigenvalue weighted by Gasteiger charge is -2.04. The molecule has 5 nitrogen and oxygen atoms in total. The number of rotatable bonds is 4. The van der Waals surface area contributed by atoms with Crippen molar-refractivity contribution in [3.05, 3.63) is 76.0 Å². The zero-order valence-corrected chi connectivity index (χ0v) is 14.1. The van der Waals surface area contributed by atoms with Crippen LogP contribution in [0.4, 0.5) is 5.69 Å². The van der Waals surface area contributed by atoms with Gasteiger partial charge in [0.25, 0.3) is 5.91 Å². The molecular formula is C18H11Cl2NO4. The predicted octanol–water partition coefficient (Wildman–Crippen LogP) is 5.20. The van der Waals surface area contributed by atoms with Crippen LogP contribution in [-0.2, 0) is 0 Å². The van der Waals surface area contributed by atoms with E-state index in [0.717, 1.165) is 0 Å². The number of furan rings is 1. The highest BCUT2D eigenvalue weighted by Crippen LogP contribution is 2.34. The van der Waals surface area contributed by atoms with Crippen LogP contribution in [0, 0.1) is 0 Å². The highest BCUT2D eigenvalue weighted by atomic mass is 35.5. The molecule has 126 valence electrons. The monoisotopic (exact) mass is 375 g/mol. The van der Waals surface area contributed by atoms with Crippen molar-refractivity contribution >= 4 is 40.8 Å². The summed E-state index contributed by atoms with van der Waals surface area (Å²) in [5.41, 5.74) is 1.17. The molecule has 0 unspecified atom stereocenters. The number of carbonyl (C=O) groups excluding carboxylic acids is 1. The smallest absolute Gasteiger partial charge is 0.335 e. The largest absolute Gasteiger partial charge is 0.478 e. The van der Waals surface area contributed by atoms with Crippen molar-refractivity contribution in [2.45, 2.75) is 0 Å². The first-order valence-corrected chi connectivity index (χ1v) is 7.90. The van der Waals surface area contributed by atoms with E-state index in [9.17, 15) is 9.59 Å². The first-order valence-electron chi connectivity index (χ1n) is 7.14. The van der Waals surface area contributed by atoms with Crippen molar-refractivity contribution in [1.29, 1.82) is 0 Å². The minimum atomic E-state index is -1.04. The average Bonchev–Trinajstić information content (AvgIpc) is 3.08. The van der Waals surface area contributed by atoms with Crippen molar-refractivity contribution in [2.75, 3.05) is 5.32 Å². The van der Waals surface area contributed by atoms with Crippen molar-refractivity contribution in [3.63, 3.8) is 0 Å². The molecule has 1 aromatic heterocycles. The van der Waals surface area contributed by atoms with Crippen LogP contribution in [0.15, 0.2) is 59.0 Å². The summed E-state index contributed by atoms with van der Waals surface area (Å²) in [6, 6.07) is 14.1. The highest BCUT2D eigenvalue weighted by Gasteiger charge is 2.15. The van der Waals surface area contributed by atoms with Gasteiger partial charge in [-0.1, -0.05) is 29.3 Å². The van der Waals surface area contributed by atoms with Gasteiger partial charge >= 0.3 is 5.97 Å². The van der Waals surface area contributed by atoms with Gasteiger partial charge in [0, 0.05) is 11.3 Å². The summed E-state index contributed by atoms with van der Waals surface area (Å²) in [5, 5.41) is 12.2. The van der Waals surface area contributed by atoms with E-state index in [-0.39, 0.29) is 11.3 Å². The molecule has 7 heteroatoms. The van der Waals surface area contributed by atoms with E-state index in [2.05, 4.69) is 5.32 Å². The quantitative estimate of drug-likeness (QED) is 0.656. The molecule has 1 amide bonds. The normalized spacial score (nSPS) is 10.5. The van der Waals surface area contributed by atoms with Crippen LogP contribution in [0.5, 0.6) is 0 Å². The maximum absolute atomic E-state index is 12.2. The lowest BCUT2D eigenvalue weighted by atomic mass is 10.2. The van der Waals surface area contributed by atoms with E-state index in [0.29, 0.717) is 27.1 Å². The number of carboxylic acids is 1. The van der Waals surface area contributed by atoms with Crippen LogP contribution in [0.1, 0.15) is 20.9 Å². The Kier molecular flexibility index (Phi) is 4.79. The molecule has 0 spiro atoms. The number of halogens is 2. The van der Waals surface area contributed by atoms with E-state index in [1.807, 2.05) is 0 Å².